The maximum Gasteiger partial charge on any atom is 0.0473 e. The Balaban J connectivity index is 2.85. The van der Waals surface area contributed by atoms with E-state index >= 15 is 0 Å². The van der Waals surface area contributed by atoms with Gasteiger partial charge in [-0.25, -0.2) is 0 Å². The first kappa shape index (κ1) is 14.6. The highest BCUT2D eigenvalue weighted by molar-refractivity contribution is 7.98. The molecule has 0 fully saturated rings. The van der Waals surface area contributed by atoms with Gasteiger partial charge < -0.3 is 0 Å². The number of benzene rings is 1. The van der Waals surface area contributed by atoms with E-state index in [2.05, 4.69) is 49.8 Å². The van der Waals surface area contributed by atoms with Crippen LogP contribution in [0.25, 0.3) is 0 Å². The highest BCUT2D eigenvalue weighted by atomic mass is 32.2. The molecule has 0 aliphatic carbocycles. The van der Waals surface area contributed by atoms with Crippen LogP contribution in [0.1, 0.15) is 44.7 Å². The lowest BCUT2D eigenvalue weighted by molar-refractivity contribution is 0.372. The van der Waals surface area contributed by atoms with E-state index in [4.69, 9.17) is 5.84 Å². The summed E-state index contributed by atoms with van der Waals surface area (Å²) in [5.41, 5.74) is 4.31. The highest BCUT2D eigenvalue weighted by Crippen LogP contribution is 2.30. The molecule has 3 N–H and O–H groups in total. The van der Waals surface area contributed by atoms with Gasteiger partial charge in [0.2, 0.25) is 0 Å². The largest absolute Gasteiger partial charge is 0.271 e. The number of nitrogens with one attached hydrogen (secondary N) is 1. The second kappa shape index (κ2) is 7.75. The Morgan fingerprint density at radius 2 is 1.88 bits per heavy atom. The first-order chi connectivity index (χ1) is 8.26. The average Bonchev–Trinajstić information content (AvgIpc) is 2.40. The zero-order valence-electron chi connectivity index (χ0n) is 11.1. The van der Waals surface area contributed by atoms with E-state index in [0.717, 1.165) is 12.3 Å². The van der Waals surface area contributed by atoms with Crippen LogP contribution in [0.5, 0.6) is 0 Å². The molecule has 0 aliphatic rings. The Labute approximate surface area is 109 Å². The Morgan fingerprint density at radius 3 is 2.41 bits per heavy atom. The lowest BCUT2D eigenvalue weighted by Gasteiger charge is -2.23. The van der Waals surface area contributed by atoms with Crippen LogP contribution in [0, 0.1) is 5.92 Å². The summed E-state index contributed by atoms with van der Waals surface area (Å²) in [5.74, 6) is 6.47. The van der Waals surface area contributed by atoms with E-state index in [1.807, 2.05) is 0 Å². The molecule has 3 heteroatoms. The first-order valence-electron chi connectivity index (χ1n) is 6.35. The van der Waals surface area contributed by atoms with Gasteiger partial charge in [0.25, 0.3) is 0 Å². The van der Waals surface area contributed by atoms with E-state index in [1.165, 1.54) is 23.3 Å². The van der Waals surface area contributed by atoms with Crippen LogP contribution in [0.3, 0.4) is 0 Å². The van der Waals surface area contributed by atoms with Crippen molar-refractivity contribution in [3.63, 3.8) is 0 Å². The molecule has 17 heavy (non-hydrogen) atoms. The van der Waals surface area contributed by atoms with Gasteiger partial charge >= 0.3 is 0 Å². The fourth-order valence-corrected chi connectivity index (χ4v) is 2.86. The standard InChI is InChI=1S/C14H24N2S/c1-4-11(5-2)10-13(16-15)12-8-6-7-9-14(12)17-3/h6-9,11,13,16H,4-5,10,15H2,1-3H3. The molecule has 1 aromatic rings. The molecule has 1 aromatic carbocycles. The van der Waals surface area contributed by atoms with Gasteiger partial charge in [-0.3, -0.25) is 11.3 Å². The second-order valence-electron chi connectivity index (χ2n) is 4.38. The van der Waals surface area contributed by atoms with E-state index in [1.54, 1.807) is 11.8 Å². The Bertz CT molecular complexity index is 324. The molecule has 0 spiro atoms. The summed E-state index contributed by atoms with van der Waals surface area (Å²) in [4.78, 5) is 1.32. The van der Waals surface area contributed by atoms with E-state index in [9.17, 15) is 0 Å². The number of hydrazine groups is 1. The van der Waals surface area contributed by atoms with Gasteiger partial charge in [0, 0.05) is 10.9 Å². The normalized spacial score (nSPS) is 13.0. The zero-order valence-corrected chi connectivity index (χ0v) is 11.9. The molecular weight excluding hydrogens is 228 g/mol. The van der Waals surface area contributed by atoms with Crippen LogP contribution in [-0.4, -0.2) is 6.26 Å². The van der Waals surface area contributed by atoms with Gasteiger partial charge in [0.1, 0.15) is 0 Å². The van der Waals surface area contributed by atoms with Crippen LogP contribution in [0.2, 0.25) is 0 Å². The van der Waals surface area contributed by atoms with E-state index in [0.29, 0.717) is 0 Å². The van der Waals surface area contributed by atoms with Crippen molar-refractivity contribution in [2.24, 2.45) is 11.8 Å². The van der Waals surface area contributed by atoms with Gasteiger partial charge in [0.15, 0.2) is 0 Å². The van der Waals surface area contributed by atoms with Crippen molar-refractivity contribution in [2.75, 3.05) is 6.26 Å². The molecule has 2 nitrogen and oxygen atoms in total. The van der Waals surface area contributed by atoms with Gasteiger partial charge in [-0.05, 0) is 30.2 Å². The first-order valence-corrected chi connectivity index (χ1v) is 7.58. The van der Waals surface area contributed by atoms with E-state index < -0.39 is 0 Å². The van der Waals surface area contributed by atoms with E-state index in [-0.39, 0.29) is 6.04 Å². The minimum atomic E-state index is 0.267. The quantitative estimate of drug-likeness (QED) is 0.441. The van der Waals surface area contributed by atoms with Gasteiger partial charge in [-0.15, -0.1) is 11.8 Å². The van der Waals surface area contributed by atoms with Crippen molar-refractivity contribution >= 4 is 11.8 Å². The van der Waals surface area contributed by atoms with Crippen molar-refractivity contribution < 1.29 is 0 Å². The van der Waals surface area contributed by atoms with Crippen LogP contribution >= 0.6 is 11.8 Å². The average molecular weight is 252 g/mol. The number of nitrogens with two attached hydrogens (primary N) is 1. The van der Waals surface area contributed by atoms with Gasteiger partial charge in [-0.2, -0.15) is 0 Å². The topological polar surface area (TPSA) is 38.0 Å². The van der Waals surface area contributed by atoms with Crippen LogP contribution < -0.4 is 11.3 Å². The molecule has 0 radical (unpaired) electrons. The molecule has 1 unspecified atom stereocenters. The molecule has 0 aromatic heterocycles. The minimum Gasteiger partial charge on any atom is -0.271 e. The minimum absolute atomic E-state index is 0.267. The number of hydrogen-bond donors (Lipinski definition) is 2. The molecule has 96 valence electrons. The maximum atomic E-state index is 5.73. The van der Waals surface area contributed by atoms with Crippen LogP contribution in [0.15, 0.2) is 29.2 Å². The number of hydrogen-bond acceptors (Lipinski definition) is 3. The summed E-state index contributed by atoms with van der Waals surface area (Å²) in [5, 5.41) is 0. The van der Waals surface area contributed by atoms with Gasteiger partial charge in [0.05, 0.1) is 0 Å². The van der Waals surface area contributed by atoms with Crippen LogP contribution in [0.4, 0.5) is 0 Å². The third-order valence-electron chi connectivity index (χ3n) is 3.44. The SMILES string of the molecule is CCC(CC)CC(NN)c1ccccc1SC. The molecule has 0 amide bonds. The molecular formula is C14H24N2S. The number of rotatable bonds is 7. The number of thioether (sulfide) groups is 1. The van der Waals surface area contributed by atoms with Gasteiger partial charge in [-0.1, -0.05) is 44.9 Å². The molecule has 0 saturated heterocycles. The Morgan fingerprint density at radius 1 is 1.24 bits per heavy atom. The monoisotopic (exact) mass is 252 g/mol. The van der Waals surface area contributed by atoms with Crippen molar-refractivity contribution in [1.82, 2.24) is 5.43 Å². The lowest BCUT2D eigenvalue weighted by atomic mass is 9.91. The molecule has 1 rings (SSSR count). The Hall–Kier alpha value is -0.510. The maximum absolute atomic E-state index is 5.73. The summed E-state index contributed by atoms with van der Waals surface area (Å²) in [6.45, 7) is 4.50. The molecule has 1 atom stereocenters. The summed E-state index contributed by atoms with van der Waals surface area (Å²) in [7, 11) is 0. The molecule has 0 heterocycles. The summed E-state index contributed by atoms with van der Waals surface area (Å²) in [6.07, 6.45) is 5.66. The predicted octanol–water partition coefficient (Wildman–Crippen LogP) is 3.74. The van der Waals surface area contributed by atoms with Crippen molar-refractivity contribution in [2.45, 2.75) is 44.0 Å². The fourth-order valence-electron chi connectivity index (χ4n) is 2.19. The molecule has 0 aliphatic heterocycles. The zero-order chi connectivity index (χ0) is 12.7. The van der Waals surface area contributed by atoms with Crippen molar-refractivity contribution in [3.05, 3.63) is 29.8 Å². The molecule has 0 bridgehead atoms. The predicted molar refractivity (Wildman–Crippen MR) is 77.0 cm³/mol. The van der Waals surface area contributed by atoms with Crippen LogP contribution in [-0.2, 0) is 0 Å². The molecule has 0 saturated carbocycles. The highest BCUT2D eigenvalue weighted by Gasteiger charge is 2.17. The van der Waals surface area contributed by atoms with Crippen molar-refractivity contribution in [1.29, 1.82) is 0 Å². The second-order valence-corrected chi connectivity index (χ2v) is 5.23. The third-order valence-corrected chi connectivity index (χ3v) is 4.25. The summed E-state index contributed by atoms with van der Waals surface area (Å²) >= 11 is 1.79. The Kier molecular flexibility index (Phi) is 6.63. The summed E-state index contributed by atoms with van der Waals surface area (Å²) in [6, 6.07) is 8.78. The lowest BCUT2D eigenvalue weighted by Crippen LogP contribution is -2.30. The fraction of sp³-hybridized carbons (Fsp3) is 0.571. The van der Waals surface area contributed by atoms with Crippen molar-refractivity contribution in [3.8, 4) is 0 Å². The summed E-state index contributed by atoms with van der Waals surface area (Å²) < 4.78 is 0. The third kappa shape index (κ3) is 4.02. The smallest absolute Gasteiger partial charge is 0.0473 e.